The van der Waals surface area contributed by atoms with Crippen LogP contribution in [-0.2, 0) is 23.9 Å². The molecule has 0 radical (unpaired) electrons. The fraction of sp³-hybridized carbons (Fsp3) is 0.812. The van der Waals surface area contributed by atoms with Gasteiger partial charge in [-0.1, -0.05) is 20.3 Å². The highest BCUT2D eigenvalue weighted by atomic mass is 16.5. The minimum Gasteiger partial charge on any atom is -0.465 e. The lowest BCUT2D eigenvalue weighted by Gasteiger charge is -2.23. The Hall–Kier alpha value is -1.59. The number of amides is 1. The summed E-state index contributed by atoms with van der Waals surface area (Å²) in [4.78, 5) is 36.0. The molecule has 0 aromatic carbocycles. The van der Waals surface area contributed by atoms with Gasteiger partial charge in [0.05, 0.1) is 18.6 Å². The van der Waals surface area contributed by atoms with E-state index < -0.39 is 17.8 Å². The normalized spacial score (nSPS) is 23.5. The van der Waals surface area contributed by atoms with E-state index >= 15 is 0 Å². The summed E-state index contributed by atoms with van der Waals surface area (Å²) in [5.74, 6) is -2.41. The summed E-state index contributed by atoms with van der Waals surface area (Å²) in [6.07, 6.45) is 2.31. The number of rotatable bonds is 8. The van der Waals surface area contributed by atoms with Crippen molar-refractivity contribution in [1.29, 1.82) is 0 Å². The van der Waals surface area contributed by atoms with Gasteiger partial charge in [-0.2, -0.15) is 0 Å². The Labute approximate surface area is 131 Å². The molecule has 4 unspecified atom stereocenters. The van der Waals surface area contributed by atoms with Crippen LogP contribution in [0.15, 0.2) is 0 Å². The molecule has 0 aliphatic carbocycles. The van der Waals surface area contributed by atoms with Crippen LogP contribution in [0.1, 0.15) is 53.4 Å². The van der Waals surface area contributed by atoms with Crippen LogP contribution < -0.4 is 5.32 Å². The average molecular weight is 313 g/mol. The summed E-state index contributed by atoms with van der Waals surface area (Å²) in [7, 11) is 0. The first kappa shape index (κ1) is 18.5. The van der Waals surface area contributed by atoms with Crippen LogP contribution in [0.5, 0.6) is 0 Å². The molecule has 0 aromatic heterocycles. The molecule has 1 aliphatic rings. The lowest BCUT2D eigenvalue weighted by Crippen LogP contribution is -2.39. The molecular formula is C16H27NO5. The Morgan fingerprint density at radius 2 is 2.00 bits per heavy atom. The van der Waals surface area contributed by atoms with Crippen molar-refractivity contribution in [2.45, 2.75) is 65.5 Å². The Morgan fingerprint density at radius 1 is 1.32 bits per heavy atom. The van der Waals surface area contributed by atoms with Gasteiger partial charge in [-0.3, -0.25) is 14.4 Å². The maximum Gasteiger partial charge on any atom is 0.318 e. The summed E-state index contributed by atoms with van der Waals surface area (Å²) in [6.45, 7) is 7.70. The Morgan fingerprint density at radius 3 is 2.55 bits per heavy atom. The fourth-order valence-corrected chi connectivity index (χ4v) is 2.58. The third-order valence-electron chi connectivity index (χ3n) is 3.99. The molecule has 1 rings (SSSR count). The van der Waals surface area contributed by atoms with Crippen molar-refractivity contribution in [3.05, 3.63) is 0 Å². The van der Waals surface area contributed by atoms with Gasteiger partial charge in [0.25, 0.3) is 0 Å². The second-order valence-electron chi connectivity index (χ2n) is 5.71. The molecule has 4 atom stereocenters. The van der Waals surface area contributed by atoms with Crippen LogP contribution in [0.3, 0.4) is 0 Å². The summed E-state index contributed by atoms with van der Waals surface area (Å²) in [5, 5.41) is 2.76. The molecule has 1 fully saturated rings. The predicted octanol–water partition coefficient (Wildman–Crippen LogP) is 1.81. The minimum atomic E-state index is -0.819. The number of esters is 2. The molecule has 1 heterocycles. The van der Waals surface area contributed by atoms with Gasteiger partial charge in [-0.05, 0) is 33.1 Å². The van der Waals surface area contributed by atoms with Crippen LogP contribution in [0, 0.1) is 11.8 Å². The molecular weight excluding hydrogens is 286 g/mol. The Bertz CT molecular complexity index is 409. The first-order valence-electron chi connectivity index (χ1n) is 8.11. The average Bonchev–Trinajstić information content (AvgIpc) is 2.86. The number of carbonyl (C=O) groups is 3. The van der Waals surface area contributed by atoms with Crippen LogP contribution >= 0.6 is 0 Å². The van der Waals surface area contributed by atoms with Crippen molar-refractivity contribution in [1.82, 2.24) is 5.32 Å². The zero-order valence-corrected chi connectivity index (χ0v) is 13.9. The Kier molecular flexibility index (Phi) is 7.35. The summed E-state index contributed by atoms with van der Waals surface area (Å²) >= 11 is 0. The van der Waals surface area contributed by atoms with Crippen LogP contribution in [0.2, 0.25) is 0 Å². The van der Waals surface area contributed by atoms with Crippen molar-refractivity contribution in [3.8, 4) is 0 Å². The topological polar surface area (TPSA) is 81.7 Å². The third kappa shape index (κ3) is 4.71. The van der Waals surface area contributed by atoms with Gasteiger partial charge in [-0.15, -0.1) is 0 Å². The molecule has 0 saturated carbocycles. The van der Waals surface area contributed by atoms with Gasteiger partial charge in [0.1, 0.15) is 5.92 Å². The molecule has 6 heteroatoms. The van der Waals surface area contributed by atoms with Crippen molar-refractivity contribution in [3.63, 3.8) is 0 Å². The monoisotopic (exact) mass is 313 g/mol. The summed E-state index contributed by atoms with van der Waals surface area (Å²) < 4.78 is 10.3. The van der Waals surface area contributed by atoms with E-state index in [1.807, 2.05) is 20.8 Å². The second-order valence-corrected chi connectivity index (χ2v) is 5.71. The second kappa shape index (κ2) is 8.76. The number of hydrogen-bond acceptors (Lipinski definition) is 5. The molecule has 1 N–H and O–H groups in total. The molecule has 126 valence electrons. The van der Waals surface area contributed by atoms with Crippen molar-refractivity contribution in [2.24, 2.45) is 11.8 Å². The number of carbonyl (C=O) groups excluding carboxylic acids is 3. The van der Waals surface area contributed by atoms with Gasteiger partial charge < -0.3 is 14.8 Å². The van der Waals surface area contributed by atoms with Gasteiger partial charge in [0.2, 0.25) is 5.91 Å². The highest BCUT2D eigenvalue weighted by Crippen LogP contribution is 2.26. The summed E-state index contributed by atoms with van der Waals surface area (Å²) in [6, 6.07) is -0.363. The quantitative estimate of drug-likeness (QED) is 0.546. The smallest absolute Gasteiger partial charge is 0.318 e. The van der Waals surface area contributed by atoms with Gasteiger partial charge in [-0.25, -0.2) is 0 Å². The van der Waals surface area contributed by atoms with E-state index in [0.717, 1.165) is 12.8 Å². The lowest BCUT2D eigenvalue weighted by atomic mass is 9.91. The SMILES string of the molecule is CCCC(C(=O)OC(C)CC)C1CC(C(=O)OCC)C(=O)N1. The number of hydrogen-bond donors (Lipinski definition) is 1. The van der Waals surface area contributed by atoms with Crippen molar-refractivity contribution < 1.29 is 23.9 Å². The van der Waals surface area contributed by atoms with Gasteiger partial charge in [0.15, 0.2) is 0 Å². The van der Waals surface area contributed by atoms with Gasteiger partial charge in [0, 0.05) is 6.04 Å². The van der Waals surface area contributed by atoms with Crippen molar-refractivity contribution in [2.75, 3.05) is 6.61 Å². The number of ether oxygens (including phenoxy) is 2. The molecule has 0 spiro atoms. The maximum atomic E-state index is 12.3. The molecule has 6 nitrogen and oxygen atoms in total. The van der Waals surface area contributed by atoms with Crippen LogP contribution in [-0.4, -0.2) is 36.6 Å². The van der Waals surface area contributed by atoms with Crippen LogP contribution in [0.25, 0.3) is 0 Å². The molecule has 1 aliphatic heterocycles. The zero-order valence-electron chi connectivity index (χ0n) is 13.9. The van der Waals surface area contributed by atoms with E-state index in [1.165, 1.54) is 0 Å². The molecule has 0 bridgehead atoms. The van der Waals surface area contributed by atoms with Crippen LogP contribution in [0.4, 0.5) is 0 Å². The van der Waals surface area contributed by atoms with E-state index in [-0.39, 0.29) is 37.0 Å². The third-order valence-corrected chi connectivity index (χ3v) is 3.99. The highest BCUT2D eigenvalue weighted by Gasteiger charge is 2.43. The largest absolute Gasteiger partial charge is 0.465 e. The van der Waals surface area contributed by atoms with E-state index in [9.17, 15) is 14.4 Å². The van der Waals surface area contributed by atoms with E-state index in [4.69, 9.17) is 9.47 Å². The first-order valence-corrected chi connectivity index (χ1v) is 8.11. The maximum absolute atomic E-state index is 12.3. The van der Waals surface area contributed by atoms with E-state index in [1.54, 1.807) is 6.92 Å². The highest BCUT2D eigenvalue weighted by molar-refractivity contribution is 6.00. The molecule has 0 aromatic rings. The number of nitrogens with one attached hydrogen (secondary N) is 1. The first-order chi connectivity index (χ1) is 10.4. The van der Waals surface area contributed by atoms with Gasteiger partial charge >= 0.3 is 11.9 Å². The molecule has 1 saturated heterocycles. The fourth-order valence-electron chi connectivity index (χ4n) is 2.58. The Balaban J connectivity index is 2.74. The lowest BCUT2D eigenvalue weighted by molar-refractivity contribution is -0.155. The summed E-state index contributed by atoms with van der Waals surface area (Å²) in [5.41, 5.74) is 0. The molecule has 22 heavy (non-hydrogen) atoms. The van der Waals surface area contributed by atoms with Crippen molar-refractivity contribution >= 4 is 17.8 Å². The van der Waals surface area contributed by atoms with E-state index in [2.05, 4.69) is 5.32 Å². The van der Waals surface area contributed by atoms with E-state index in [0.29, 0.717) is 6.42 Å². The predicted molar refractivity (Wildman–Crippen MR) is 80.9 cm³/mol. The minimum absolute atomic E-state index is 0.148. The standard InChI is InChI=1S/C16H27NO5/c1-5-8-11(16(20)22-10(4)6-2)13-9-12(14(18)17-13)15(19)21-7-3/h10-13H,5-9H2,1-4H3,(H,17,18). The molecule has 1 amide bonds. The zero-order chi connectivity index (χ0) is 16.7.